The number of sulfone groups is 1. The predicted molar refractivity (Wildman–Crippen MR) is 92.8 cm³/mol. The molecule has 0 saturated heterocycles. The van der Waals surface area contributed by atoms with E-state index in [-0.39, 0.29) is 24.0 Å². The van der Waals surface area contributed by atoms with Gasteiger partial charge in [-0.15, -0.1) is 0 Å². The largest absolute Gasteiger partial charge is 0.416 e. The first-order valence-corrected chi connectivity index (χ1v) is 10.1. The van der Waals surface area contributed by atoms with Crippen LogP contribution in [0, 0.1) is 11.8 Å². The molecule has 0 bridgehead atoms. The number of amides is 1. The molecule has 0 radical (unpaired) electrons. The van der Waals surface area contributed by atoms with Crippen LogP contribution >= 0.6 is 0 Å². The summed E-state index contributed by atoms with van der Waals surface area (Å²) in [4.78, 5) is 12.3. The number of hydrogen-bond acceptors (Lipinski definition) is 3. The Balaban J connectivity index is 2.12. The van der Waals surface area contributed by atoms with Gasteiger partial charge in [-0.05, 0) is 30.0 Å². The van der Waals surface area contributed by atoms with Crippen molar-refractivity contribution in [2.45, 2.75) is 38.9 Å². The van der Waals surface area contributed by atoms with Crippen LogP contribution in [0.3, 0.4) is 0 Å². The molecule has 1 N–H and O–H groups in total. The first-order valence-electron chi connectivity index (χ1n) is 8.34. The molecule has 8 heteroatoms. The minimum absolute atomic E-state index is 0.0106. The molecule has 1 aromatic rings. The summed E-state index contributed by atoms with van der Waals surface area (Å²) in [7, 11) is -3.25. The van der Waals surface area contributed by atoms with Crippen molar-refractivity contribution < 1.29 is 26.4 Å². The Kier molecular flexibility index (Phi) is 6.16. The number of allylic oxidation sites excluding steroid dienone is 1. The molecule has 0 fully saturated rings. The first-order chi connectivity index (χ1) is 12.0. The van der Waals surface area contributed by atoms with Crippen molar-refractivity contribution in [2.24, 2.45) is 11.8 Å². The standard InChI is InChI=1S/C18H22F3NO3S/c1-12(2)8-16(14-4-3-5-15(10-14)18(19,20)21)22-17(23)9-13-6-7-26(24,25)11-13/h3-7,10,12-13,16H,8-9,11H2,1-2H3,(H,22,23)/t13-,16+/m1/s1. The average molecular weight is 389 g/mol. The smallest absolute Gasteiger partial charge is 0.349 e. The lowest BCUT2D eigenvalue weighted by Crippen LogP contribution is -2.31. The third-order valence-corrected chi connectivity index (χ3v) is 5.58. The number of halogens is 3. The molecule has 0 aliphatic carbocycles. The molecule has 144 valence electrons. The number of carbonyl (C=O) groups excluding carboxylic acids is 1. The Hall–Kier alpha value is -1.83. The van der Waals surface area contributed by atoms with Crippen LogP contribution in [0.5, 0.6) is 0 Å². The van der Waals surface area contributed by atoms with Crippen LogP contribution < -0.4 is 5.32 Å². The van der Waals surface area contributed by atoms with Gasteiger partial charge in [0.15, 0.2) is 9.84 Å². The van der Waals surface area contributed by atoms with Crippen molar-refractivity contribution in [3.05, 3.63) is 46.9 Å². The fourth-order valence-electron chi connectivity index (χ4n) is 2.94. The molecule has 0 aromatic heterocycles. The Morgan fingerprint density at radius 2 is 2.00 bits per heavy atom. The molecule has 0 saturated carbocycles. The zero-order chi connectivity index (χ0) is 19.5. The molecule has 1 amide bonds. The number of rotatable bonds is 6. The predicted octanol–water partition coefficient (Wildman–Crippen LogP) is 3.86. The van der Waals surface area contributed by atoms with Crippen molar-refractivity contribution in [1.29, 1.82) is 0 Å². The molecule has 1 heterocycles. The minimum atomic E-state index is -4.45. The second-order valence-corrected chi connectivity index (χ2v) is 8.93. The van der Waals surface area contributed by atoms with E-state index in [1.807, 2.05) is 13.8 Å². The summed E-state index contributed by atoms with van der Waals surface area (Å²) >= 11 is 0. The number of hydrogen-bond donors (Lipinski definition) is 1. The first kappa shape index (κ1) is 20.5. The molecule has 2 atom stereocenters. The van der Waals surface area contributed by atoms with E-state index >= 15 is 0 Å². The Morgan fingerprint density at radius 1 is 1.31 bits per heavy atom. The van der Waals surface area contributed by atoms with Gasteiger partial charge >= 0.3 is 6.18 Å². The molecule has 1 aliphatic heterocycles. The highest BCUT2D eigenvalue weighted by Gasteiger charge is 2.31. The topological polar surface area (TPSA) is 63.2 Å². The molecule has 2 rings (SSSR count). The molecular weight excluding hydrogens is 367 g/mol. The van der Waals surface area contributed by atoms with Crippen molar-refractivity contribution in [1.82, 2.24) is 5.32 Å². The lowest BCUT2D eigenvalue weighted by atomic mass is 9.95. The van der Waals surface area contributed by atoms with E-state index in [9.17, 15) is 26.4 Å². The SMILES string of the molecule is CC(C)C[C@H](NC(=O)C[C@H]1C=CS(=O)(=O)C1)c1cccc(C(F)(F)F)c1. The van der Waals surface area contributed by atoms with Crippen LogP contribution in [0.2, 0.25) is 0 Å². The lowest BCUT2D eigenvalue weighted by Gasteiger charge is -2.22. The minimum Gasteiger partial charge on any atom is -0.349 e. The highest BCUT2D eigenvalue weighted by atomic mass is 32.2. The van der Waals surface area contributed by atoms with E-state index in [1.54, 1.807) is 6.07 Å². The van der Waals surface area contributed by atoms with Gasteiger partial charge in [0, 0.05) is 17.7 Å². The number of nitrogens with one attached hydrogen (secondary N) is 1. The highest BCUT2D eigenvalue weighted by molar-refractivity contribution is 7.94. The van der Waals surface area contributed by atoms with Gasteiger partial charge in [-0.1, -0.05) is 32.1 Å². The van der Waals surface area contributed by atoms with Crippen LogP contribution in [0.25, 0.3) is 0 Å². The van der Waals surface area contributed by atoms with Crippen LogP contribution in [0.15, 0.2) is 35.7 Å². The van der Waals surface area contributed by atoms with Crippen LogP contribution in [-0.4, -0.2) is 20.1 Å². The maximum absolute atomic E-state index is 12.9. The quantitative estimate of drug-likeness (QED) is 0.804. The molecule has 0 spiro atoms. The van der Waals surface area contributed by atoms with E-state index in [0.717, 1.165) is 17.5 Å². The van der Waals surface area contributed by atoms with E-state index in [4.69, 9.17) is 0 Å². The lowest BCUT2D eigenvalue weighted by molar-refractivity contribution is -0.137. The van der Waals surface area contributed by atoms with Crippen molar-refractivity contribution >= 4 is 15.7 Å². The van der Waals surface area contributed by atoms with Crippen molar-refractivity contribution in [3.63, 3.8) is 0 Å². The summed E-state index contributed by atoms with van der Waals surface area (Å²) in [5, 5.41) is 3.86. The normalized spacial score (nSPS) is 20.3. The molecule has 1 aliphatic rings. The maximum atomic E-state index is 12.9. The fraction of sp³-hybridized carbons (Fsp3) is 0.500. The second-order valence-electron chi connectivity index (χ2n) is 7.00. The van der Waals surface area contributed by atoms with Gasteiger partial charge in [0.1, 0.15) is 0 Å². The number of benzene rings is 1. The van der Waals surface area contributed by atoms with Gasteiger partial charge in [0.05, 0.1) is 17.4 Å². The summed E-state index contributed by atoms with van der Waals surface area (Å²) in [6.07, 6.45) is -2.50. The summed E-state index contributed by atoms with van der Waals surface area (Å²) in [6.45, 7) is 3.83. The van der Waals surface area contributed by atoms with E-state index in [0.29, 0.717) is 12.0 Å². The van der Waals surface area contributed by atoms with E-state index in [2.05, 4.69) is 5.32 Å². The summed E-state index contributed by atoms with van der Waals surface area (Å²) in [5.41, 5.74) is -0.376. The van der Waals surface area contributed by atoms with E-state index in [1.165, 1.54) is 12.1 Å². The highest BCUT2D eigenvalue weighted by Crippen LogP contribution is 2.32. The third kappa shape index (κ3) is 5.86. The molecule has 4 nitrogen and oxygen atoms in total. The van der Waals surface area contributed by atoms with Gasteiger partial charge in [-0.25, -0.2) is 8.42 Å². The van der Waals surface area contributed by atoms with Gasteiger partial charge in [0.2, 0.25) is 5.91 Å². The summed E-state index contributed by atoms with van der Waals surface area (Å²) < 4.78 is 61.7. The monoisotopic (exact) mass is 389 g/mol. The second kappa shape index (κ2) is 7.82. The van der Waals surface area contributed by atoms with Gasteiger partial charge in [-0.2, -0.15) is 13.2 Å². The molecule has 1 aromatic carbocycles. The van der Waals surface area contributed by atoms with E-state index < -0.39 is 33.5 Å². The molecule has 0 unspecified atom stereocenters. The van der Waals surface area contributed by atoms with Gasteiger partial charge in [-0.3, -0.25) is 4.79 Å². The summed E-state index contributed by atoms with van der Waals surface area (Å²) in [6, 6.07) is 4.36. The van der Waals surface area contributed by atoms with Crippen molar-refractivity contribution in [2.75, 3.05) is 5.75 Å². The van der Waals surface area contributed by atoms with Gasteiger partial charge in [0.25, 0.3) is 0 Å². The van der Waals surface area contributed by atoms with Crippen LogP contribution in [0.1, 0.15) is 43.9 Å². The molecule has 26 heavy (non-hydrogen) atoms. The molecular formula is C18H22F3NO3S. The fourth-order valence-corrected chi connectivity index (χ4v) is 4.34. The van der Waals surface area contributed by atoms with Crippen LogP contribution in [0.4, 0.5) is 13.2 Å². The third-order valence-electron chi connectivity index (χ3n) is 4.11. The Labute approximate surface area is 151 Å². The van der Waals surface area contributed by atoms with Crippen molar-refractivity contribution in [3.8, 4) is 0 Å². The maximum Gasteiger partial charge on any atom is 0.416 e. The summed E-state index contributed by atoms with van der Waals surface area (Å²) in [5.74, 6) is -0.735. The zero-order valence-electron chi connectivity index (χ0n) is 14.6. The van der Waals surface area contributed by atoms with Gasteiger partial charge < -0.3 is 5.32 Å². The zero-order valence-corrected chi connectivity index (χ0v) is 15.4. The Morgan fingerprint density at radius 3 is 2.54 bits per heavy atom. The number of alkyl halides is 3. The number of carbonyl (C=O) groups is 1. The Bertz CT molecular complexity index is 785. The average Bonchev–Trinajstić information content (AvgIpc) is 2.84. The van der Waals surface area contributed by atoms with Crippen LogP contribution in [-0.2, 0) is 20.8 Å².